The van der Waals surface area contributed by atoms with Gasteiger partial charge in [0.1, 0.15) is 12.4 Å². The monoisotopic (exact) mass is 285 g/mol. The van der Waals surface area contributed by atoms with Gasteiger partial charge in [-0.05, 0) is 17.5 Å². The van der Waals surface area contributed by atoms with Gasteiger partial charge in [0.15, 0.2) is 0 Å². The van der Waals surface area contributed by atoms with Crippen molar-refractivity contribution < 1.29 is 9.53 Å². The number of benzene rings is 1. The Morgan fingerprint density at radius 3 is 3.10 bits per heavy atom. The van der Waals surface area contributed by atoms with Crippen molar-refractivity contribution in [2.75, 3.05) is 11.9 Å². The van der Waals surface area contributed by atoms with E-state index in [2.05, 4.69) is 11.9 Å². The third-order valence-electron chi connectivity index (χ3n) is 3.33. The highest BCUT2D eigenvalue weighted by atomic mass is 32.1. The lowest BCUT2D eigenvalue weighted by Gasteiger charge is -2.24. The molecule has 0 aliphatic carbocycles. The lowest BCUT2D eigenvalue weighted by Crippen LogP contribution is -2.22. The third-order valence-corrected chi connectivity index (χ3v) is 4.36. The number of hydrogen-bond donors (Lipinski definition) is 1. The van der Waals surface area contributed by atoms with Crippen LogP contribution < -0.4 is 10.1 Å². The van der Waals surface area contributed by atoms with Crippen molar-refractivity contribution in [2.45, 2.75) is 12.3 Å². The number of ether oxygens (including phenoxy) is 1. The van der Waals surface area contributed by atoms with Crippen LogP contribution in [-0.2, 0) is 4.79 Å². The summed E-state index contributed by atoms with van der Waals surface area (Å²) in [6.07, 6.45) is 2.18. The highest BCUT2D eigenvalue weighted by Gasteiger charge is 2.29. The van der Waals surface area contributed by atoms with Crippen molar-refractivity contribution in [3.05, 3.63) is 58.8 Å². The zero-order valence-electron chi connectivity index (χ0n) is 11.0. The molecule has 1 unspecified atom stereocenters. The van der Waals surface area contributed by atoms with Crippen molar-refractivity contribution in [3.8, 4) is 5.75 Å². The second-order valence-electron chi connectivity index (χ2n) is 4.64. The predicted molar refractivity (Wildman–Crippen MR) is 81.5 cm³/mol. The van der Waals surface area contributed by atoms with Gasteiger partial charge in [0.2, 0.25) is 5.91 Å². The van der Waals surface area contributed by atoms with Gasteiger partial charge in [0.25, 0.3) is 0 Å². The lowest BCUT2D eigenvalue weighted by molar-refractivity contribution is -0.116. The normalized spacial score (nSPS) is 17.2. The molecule has 1 aliphatic rings. The SMILES string of the molecule is C=CCOc1ccccc1C1CC(=O)Nc2ccsc21. The van der Waals surface area contributed by atoms with Crippen LogP contribution in [0.1, 0.15) is 22.8 Å². The second kappa shape index (κ2) is 5.51. The topological polar surface area (TPSA) is 38.3 Å². The molecule has 0 radical (unpaired) electrons. The molecular weight excluding hydrogens is 270 g/mol. The molecule has 20 heavy (non-hydrogen) atoms. The number of thiophene rings is 1. The minimum absolute atomic E-state index is 0.0550. The average molecular weight is 285 g/mol. The van der Waals surface area contributed by atoms with Gasteiger partial charge >= 0.3 is 0 Å². The van der Waals surface area contributed by atoms with E-state index in [-0.39, 0.29) is 11.8 Å². The maximum absolute atomic E-state index is 11.9. The van der Waals surface area contributed by atoms with Gasteiger partial charge in [-0.2, -0.15) is 0 Å². The fraction of sp³-hybridized carbons (Fsp3) is 0.188. The van der Waals surface area contributed by atoms with E-state index in [0.29, 0.717) is 13.0 Å². The molecule has 1 amide bonds. The Labute approximate surface area is 121 Å². The molecular formula is C16H15NO2S. The number of carbonyl (C=O) groups excluding carboxylic acids is 1. The van der Waals surface area contributed by atoms with Gasteiger partial charge in [-0.3, -0.25) is 4.79 Å². The van der Waals surface area contributed by atoms with Crippen LogP contribution in [0.25, 0.3) is 0 Å². The molecule has 1 aliphatic heterocycles. The van der Waals surface area contributed by atoms with E-state index >= 15 is 0 Å². The molecule has 3 nitrogen and oxygen atoms in total. The van der Waals surface area contributed by atoms with Crippen molar-refractivity contribution in [2.24, 2.45) is 0 Å². The largest absolute Gasteiger partial charge is 0.489 e. The van der Waals surface area contributed by atoms with Gasteiger partial charge in [-0.25, -0.2) is 0 Å². The standard InChI is InChI=1S/C16H15NO2S/c1-2-8-19-14-6-4-3-5-11(14)12-10-15(18)17-13-7-9-20-16(12)13/h2-7,9,12H,1,8,10H2,(H,17,18). The summed E-state index contributed by atoms with van der Waals surface area (Å²) in [5.41, 5.74) is 1.99. The molecule has 102 valence electrons. The molecule has 4 heteroatoms. The number of nitrogens with one attached hydrogen (secondary N) is 1. The first-order chi connectivity index (χ1) is 9.79. The number of amides is 1. The Balaban J connectivity index is 2.01. The molecule has 2 heterocycles. The number of carbonyl (C=O) groups is 1. The first-order valence-electron chi connectivity index (χ1n) is 6.49. The van der Waals surface area contributed by atoms with E-state index < -0.39 is 0 Å². The second-order valence-corrected chi connectivity index (χ2v) is 5.59. The molecule has 0 saturated carbocycles. The van der Waals surface area contributed by atoms with Crippen LogP contribution in [-0.4, -0.2) is 12.5 Å². The van der Waals surface area contributed by atoms with E-state index in [1.54, 1.807) is 17.4 Å². The average Bonchev–Trinajstić information content (AvgIpc) is 2.92. The molecule has 3 rings (SSSR count). The molecule has 0 bridgehead atoms. The first-order valence-corrected chi connectivity index (χ1v) is 7.37. The quantitative estimate of drug-likeness (QED) is 0.868. The fourth-order valence-corrected chi connectivity index (χ4v) is 3.44. The van der Waals surface area contributed by atoms with E-state index in [0.717, 1.165) is 17.0 Å². The van der Waals surface area contributed by atoms with E-state index in [4.69, 9.17) is 4.74 Å². The molecule has 1 aromatic carbocycles. The van der Waals surface area contributed by atoms with Crippen molar-refractivity contribution in [1.82, 2.24) is 0 Å². The Kier molecular flexibility index (Phi) is 3.56. The van der Waals surface area contributed by atoms with E-state index in [9.17, 15) is 4.79 Å². The van der Waals surface area contributed by atoms with Gasteiger partial charge in [-0.1, -0.05) is 30.9 Å². The summed E-state index contributed by atoms with van der Waals surface area (Å²) in [7, 11) is 0. The summed E-state index contributed by atoms with van der Waals surface area (Å²) in [6.45, 7) is 4.14. The number of para-hydroxylation sites is 1. The summed E-state index contributed by atoms with van der Waals surface area (Å²) < 4.78 is 5.72. The summed E-state index contributed by atoms with van der Waals surface area (Å²) in [5.74, 6) is 0.950. The number of hydrogen-bond acceptors (Lipinski definition) is 3. The number of anilines is 1. The Morgan fingerprint density at radius 1 is 1.40 bits per heavy atom. The Hall–Kier alpha value is -2.07. The Morgan fingerprint density at radius 2 is 2.25 bits per heavy atom. The van der Waals surface area contributed by atoms with Crippen molar-refractivity contribution >= 4 is 22.9 Å². The molecule has 0 fully saturated rings. The van der Waals surface area contributed by atoms with Gasteiger partial charge in [0, 0.05) is 22.8 Å². The van der Waals surface area contributed by atoms with Crippen LogP contribution in [0.3, 0.4) is 0 Å². The molecule has 0 saturated heterocycles. The van der Waals surface area contributed by atoms with Crippen LogP contribution in [0.4, 0.5) is 5.69 Å². The molecule has 0 spiro atoms. The molecule has 1 atom stereocenters. The van der Waals surface area contributed by atoms with Crippen LogP contribution in [0.2, 0.25) is 0 Å². The maximum atomic E-state index is 11.9. The first kappa shape index (κ1) is 12.9. The zero-order valence-corrected chi connectivity index (χ0v) is 11.8. The maximum Gasteiger partial charge on any atom is 0.225 e. The zero-order chi connectivity index (χ0) is 13.9. The highest BCUT2D eigenvalue weighted by molar-refractivity contribution is 7.10. The Bertz CT molecular complexity index is 647. The lowest BCUT2D eigenvalue weighted by atomic mass is 9.90. The van der Waals surface area contributed by atoms with E-state index in [1.807, 2.05) is 35.7 Å². The third kappa shape index (κ3) is 2.34. The summed E-state index contributed by atoms with van der Waals surface area (Å²) in [6, 6.07) is 9.86. The molecule has 1 aromatic heterocycles. The minimum atomic E-state index is 0.0550. The van der Waals surface area contributed by atoms with Gasteiger partial charge in [-0.15, -0.1) is 11.3 Å². The summed E-state index contributed by atoms with van der Waals surface area (Å²) >= 11 is 1.67. The smallest absolute Gasteiger partial charge is 0.225 e. The van der Waals surface area contributed by atoms with Gasteiger partial charge in [0.05, 0.1) is 5.69 Å². The van der Waals surface area contributed by atoms with Crippen molar-refractivity contribution in [1.29, 1.82) is 0 Å². The highest BCUT2D eigenvalue weighted by Crippen LogP contribution is 2.43. The van der Waals surface area contributed by atoms with Crippen molar-refractivity contribution in [3.63, 3.8) is 0 Å². The summed E-state index contributed by atoms with van der Waals surface area (Å²) in [4.78, 5) is 13.1. The predicted octanol–water partition coefficient (Wildman–Crippen LogP) is 3.79. The van der Waals surface area contributed by atoms with E-state index in [1.165, 1.54) is 4.88 Å². The van der Waals surface area contributed by atoms with Crippen LogP contribution in [0.15, 0.2) is 48.4 Å². The number of rotatable bonds is 4. The molecule has 1 N–H and O–H groups in total. The minimum Gasteiger partial charge on any atom is -0.489 e. The molecule has 2 aromatic rings. The van der Waals surface area contributed by atoms with Gasteiger partial charge < -0.3 is 10.1 Å². The summed E-state index contributed by atoms with van der Waals surface area (Å²) in [5, 5.41) is 4.93. The van der Waals surface area contributed by atoms with Crippen LogP contribution >= 0.6 is 11.3 Å². The number of fused-ring (bicyclic) bond motifs is 1. The van der Waals surface area contributed by atoms with Crippen LogP contribution in [0.5, 0.6) is 5.75 Å². The van der Waals surface area contributed by atoms with Crippen LogP contribution in [0, 0.1) is 0 Å². The fourth-order valence-electron chi connectivity index (χ4n) is 2.47.